The molecule has 0 bridgehead atoms. The number of carboxylic acids is 4. The summed E-state index contributed by atoms with van der Waals surface area (Å²) in [5.41, 5.74) is 10.2. The fraction of sp³-hybridized carbons (Fsp3) is 0.267. The minimum Gasteiger partial charge on any atom is -0.857 e. The molecule has 0 aliphatic carbocycles. The first-order valence-electron chi connectivity index (χ1n) is 40.7. The molecule has 11 aromatic carbocycles. The number of carboxylic acid groups (broad SMARTS) is 4. The first-order chi connectivity index (χ1) is 61.4. The van der Waals surface area contributed by atoms with E-state index in [0.717, 1.165) is 114 Å². The van der Waals surface area contributed by atoms with Gasteiger partial charge in [0.15, 0.2) is 30.2 Å². The van der Waals surface area contributed by atoms with Crippen LogP contribution in [-0.4, -0.2) is 184 Å². The molecule has 130 heavy (non-hydrogen) atoms. The van der Waals surface area contributed by atoms with Crippen molar-refractivity contribution in [1.82, 2.24) is 10.6 Å². The number of ether oxygens (including phenoxy) is 3. The number of halogens is 2. The molecule has 2 aliphatic heterocycles. The molecule has 686 valence electrons. The summed E-state index contributed by atoms with van der Waals surface area (Å²) in [4.78, 5) is 97.9. The van der Waals surface area contributed by atoms with Crippen molar-refractivity contribution in [3.8, 4) is 0 Å². The molecular weight excluding hydrogens is 1720 g/mol. The number of nitrogens with one attached hydrogen (secondary N) is 2. The number of carbonyl (C=O) groups is 8. The molecule has 2 saturated heterocycles. The van der Waals surface area contributed by atoms with Crippen molar-refractivity contribution < 1.29 is 133 Å². The molecule has 2 aliphatic rings. The van der Waals surface area contributed by atoms with Crippen LogP contribution in [0.15, 0.2) is 328 Å². The van der Waals surface area contributed by atoms with Crippen molar-refractivity contribution in [1.29, 1.82) is 0 Å². The van der Waals surface area contributed by atoms with Gasteiger partial charge in [0, 0.05) is 23.3 Å². The predicted octanol–water partition coefficient (Wildman–Crippen LogP) is 10.4. The molecule has 12 N–H and O–H groups in total. The SMILES string of the molecule is CC(c1ccccc1)(c1ccccc1)C(O)C(=O)O.CC(c1ccccc1)(c1ccccc1)C(O)C(=O)O.CC(c1ccccc1)(c1ccccc1)[C@@H](O)C(=O)O.CC(c1ccccc1)(c1ccccc1)[C@H](O)C(=O)O.COC(=O)CCl.COC(=O)[C@@H]1CCCN1.COC(=O)[C@@H]1CCCN1.C[O-].Cl.NCCc1ccc([N+](=O)[O-])cc1.O=C(c1ccccc1)c1ccccc1.[Na+]. The molecule has 2 heterocycles. The van der Waals surface area contributed by atoms with Crippen molar-refractivity contribution in [2.24, 2.45) is 5.73 Å². The van der Waals surface area contributed by atoms with E-state index < -0.39 is 80.8 Å². The topological polar surface area (TPSA) is 442 Å². The third-order valence-corrected chi connectivity index (χ3v) is 21.4. The molecule has 13 rings (SSSR count). The number of ketones is 1. The van der Waals surface area contributed by atoms with Crippen LogP contribution in [0.3, 0.4) is 0 Å². The number of aliphatic hydroxyl groups is 4. The summed E-state index contributed by atoms with van der Waals surface area (Å²) in [6.45, 7) is 9.44. The van der Waals surface area contributed by atoms with E-state index in [4.69, 9.17) is 22.4 Å². The molecule has 29 heteroatoms. The minimum atomic E-state index is -1.50. The average molecular weight is 1830 g/mol. The molecule has 6 atom stereocenters. The van der Waals surface area contributed by atoms with Crippen molar-refractivity contribution >= 4 is 77.3 Å². The molecule has 11 aromatic rings. The van der Waals surface area contributed by atoms with E-state index in [2.05, 4.69) is 24.8 Å². The number of benzene rings is 11. The molecule has 2 unspecified atom stereocenters. The molecule has 26 nitrogen and oxygen atoms in total. The Morgan fingerprint density at radius 3 is 0.746 bits per heavy atom. The van der Waals surface area contributed by atoms with E-state index in [0.29, 0.717) is 6.54 Å². The number of hydrogen-bond acceptors (Lipinski definition) is 21. The van der Waals surface area contributed by atoms with Crippen LogP contribution in [0.5, 0.6) is 0 Å². The summed E-state index contributed by atoms with van der Waals surface area (Å²) in [6, 6.07) is 98.6. The maximum absolute atomic E-state index is 11.8. The van der Waals surface area contributed by atoms with Gasteiger partial charge in [-0.2, -0.15) is 7.11 Å². The zero-order valence-electron chi connectivity index (χ0n) is 74.1. The average Bonchev–Trinajstić information content (AvgIpc) is 0.809. The molecule has 0 aromatic heterocycles. The van der Waals surface area contributed by atoms with Crippen LogP contribution in [0.2, 0.25) is 0 Å². The smallest absolute Gasteiger partial charge is 0.857 e. The van der Waals surface area contributed by atoms with Gasteiger partial charge < -0.3 is 76.5 Å². The Kier molecular flexibility index (Phi) is 53.3. The second kappa shape index (κ2) is 60.8. The standard InChI is InChI=1S/4C16H16O3.C13H10O.C8H10N2O2.2C6H11NO2.C3H5ClO2.CH3O.ClH.Na/c4*1-16(14(17)15(18)19,12-8-4-2-5-9-12)13-10-6-3-7-11-13;14-13(11-7-3-1-4-8-11)12-9-5-2-6-10-12;9-6-5-7-1-3-8(4-2-7)10(11)12;2*1-9-6(8)5-3-2-4-7-5;1-6-3(5)2-4;1-2;;/h4*2-11,14,17H,1H3,(H,18,19);1-10H;1-4H,5-6,9H2;2*5,7H,2-4H2,1H3;2H2,1H3;1H3;1H;/q;;;;;;;;;-1;;+1/t2*14-;;;;;2*5-;;;;/m10....00..../s1. The van der Waals surface area contributed by atoms with Gasteiger partial charge in [0.05, 0.1) is 47.9 Å². The van der Waals surface area contributed by atoms with Crippen LogP contribution < -0.4 is 51.0 Å². The van der Waals surface area contributed by atoms with Crippen molar-refractivity contribution in [2.45, 2.75) is 118 Å². The maximum atomic E-state index is 11.8. The number of alkyl halides is 1. The number of aliphatic carboxylic acids is 4. The minimum absolute atomic E-state index is 0. The third-order valence-electron chi connectivity index (χ3n) is 21.2. The second-order valence-electron chi connectivity index (χ2n) is 29.3. The van der Waals surface area contributed by atoms with Crippen LogP contribution in [0.4, 0.5) is 5.69 Å². The van der Waals surface area contributed by atoms with E-state index in [1.165, 1.54) is 33.5 Å². The van der Waals surface area contributed by atoms with Crippen LogP contribution in [0.25, 0.3) is 0 Å². The van der Waals surface area contributed by atoms with Gasteiger partial charge in [0.2, 0.25) is 0 Å². The van der Waals surface area contributed by atoms with Gasteiger partial charge in [0.25, 0.3) is 5.69 Å². The third kappa shape index (κ3) is 34.5. The summed E-state index contributed by atoms with van der Waals surface area (Å²) in [5, 5.41) is 102. The van der Waals surface area contributed by atoms with Crippen LogP contribution in [-0.2, 0) is 75.9 Å². The number of aliphatic hydroxyl groups excluding tert-OH is 4. The zero-order valence-corrected chi connectivity index (χ0v) is 77.7. The summed E-state index contributed by atoms with van der Waals surface area (Å²) >= 11 is 4.98. The monoisotopic (exact) mass is 1830 g/mol. The van der Waals surface area contributed by atoms with Gasteiger partial charge in [-0.05, 0) is 130 Å². The number of esters is 3. The van der Waals surface area contributed by atoms with Gasteiger partial charge in [0.1, 0.15) is 18.0 Å². The Bertz CT molecular complexity index is 4410. The fourth-order valence-corrected chi connectivity index (χ4v) is 13.7. The molecule has 0 spiro atoms. The number of nitro groups is 1. The fourth-order valence-electron chi connectivity index (χ4n) is 13.6. The van der Waals surface area contributed by atoms with E-state index in [1.807, 2.05) is 303 Å². The molecular formula is C101H115Cl2N4NaO22. The van der Waals surface area contributed by atoms with Crippen LogP contribution in [0.1, 0.15) is 119 Å². The predicted molar refractivity (Wildman–Crippen MR) is 496 cm³/mol. The molecule has 0 amide bonds. The van der Waals surface area contributed by atoms with Crippen molar-refractivity contribution in [3.63, 3.8) is 0 Å². The number of nitrogens with two attached hydrogens (primary N) is 1. The molecule has 0 saturated carbocycles. The Morgan fingerprint density at radius 1 is 0.392 bits per heavy atom. The first-order valence-corrected chi connectivity index (χ1v) is 41.2. The van der Waals surface area contributed by atoms with Gasteiger partial charge in [-0.3, -0.25) is 29.3 Å². The summed E-state index contributed by atoms with van der Waals surface area (Å²) in [7, 11) is 4.88. The number of nitro benzene ring substituents is 1. The normalized spacial score (nSPS) is 13.5. The number of nitrogens with zero attached hydrogens (tertiary/aromatic N) is 1. The Morgan fingerprint density at radius 2 is 0.600 bits per heavy atom. The van der Waals surface area contributed by atoms with Crippen LogP contribution in [0, 0.1) is 10.1 Å². The summed E-state index contributed by atoms with van der Waals surface area (Å²) < 4.78 is 13.2. The number of methoxy groups -OCH3 is 3. The largest absolute Gasteiger partial charge is 1.00 e. The van der Waals surface area contributed by atoms with Gasteiger partial charge in [-0.15, -0.1) is 24.0 Å². The second-order valence-corrected chi connectivity index (χ2v) is 29.5. The zero-order chi connectivity index (χ0) is 94.7. The van der Waals surface area contributed by atoms with Crippen molar-refractivity contribution in [2.75, 3.05) is 54.0 Å². The van der Waals surface area contributed by atoms with Crippen LogP contribution >= 0.6 is 24.0 Å². The quantitative estimate of drug-likeness (QED) is 0.00509. The van der Waals surface area contributed by atoms with Gasteiger partial charge >= 0.3 is 71.3 Å². The van der Waals surface area contributed by atoms with E-state index in [1.54, 1.807) is 39.8 Å². The Hall–Kier alpha value is -12.0. The number of hydrogen-bond donors (Lipinski definition) is 11. The van der Waals surface area contributed by atoms with E-state index in [9.17, 15) is 89.3 Å². The van der Waals surface area contributed by atoms with Crippen molar-refractivity contribution in [3.05, 3.63) is 399 Å². The number of carbonyl (C=O) groups excluding carboxylic acids is 4. The summed E-state index contributed by atoms with van der Waals surface area (Å²) in [6.07, 6.45) is -1.24. The molecule has 0 radical (unpaired) electrons. The first kappa shape index (κ1) is 114. The summed E-state index contributed by atoms with van der Waals surface area (Å²) in [5.74, 6) is -5.55. The van der Waals surface area contributed by atoms with E-state index in [-0.39, 0.29) is 83.3 Å². The Balaban J connectivity index is 0.000000502. The van der Waals surface area contributed by atoms with Gasteiger partial charge in [-0.1, -0.05) is 315 Å². The molecule has 2 fully saturated rings. The number of non-ortho nitro benzene ring substituents is 1. The van der Waals surface area contributed by atoms with Gasteiger partial charge in [-0.25, -0.2) is 19.2 Å². The van der Waals surface area contributed by atoms with E-state index >= 15 is 0 Å². The maximum Gasteiger partial charge on any atom is 1.00 e. The Labute approximate surface area is 792 Å². The number of rotatable bonds is 24.